The molecule has 1 rings (SSSR count). The number of hydrogen-bond donors (Lipinski definition) is 0. The molecule has 1 aliphatic carbocycles. The number of terminal acetylenes is 1. The van der Waals surface area contributed by atoms with Crippen LogP contribution in [0.1, 0.15) is 12.8 Å². The number of nitrogens with zero attached hydrogens (tertiary/aromatic N) is 1. The minimum absolute atomic E-state index is 0.581. The first-order chi connectivity index (χ1) is 4.34. The van der Waals surface area contributed by atoms with E-state index in [1.807, 2.05) is 7.05 Å². The Morgan fingerprint density at radius 1 is 1.56 bits per heavy atom. The van der Waals surface area contributed by atoms with Crippen LogP contribution in [0, 0.1) is 12.8 Å². The first-order valence-corrected chi connectivity index (χ1v) is 2.85. The molecule has 1 saturated carbocycles. The normalized spacial score (nSPS) is 15.0. The molecule has 0 unspecified atom stereocenters. The Morgan fingerprint density at radius 3 is 2.11 bits per heavy atom. The van der Waals surface area contributed by atoms with Crippen molar-refractivity contribution >= 4 is 6.41 Å². The molecule has 0 aromatic heterocycles. The van der Waals surface area contributed by atoms with Gasteiger partial charge in [-0.05, 0) is 12.8 Å². The van der Waals surface area contributed by atoms with Crippen molar-refractivity contribution in [2.45, 2.75) is 18.9 Å². The Morgan fingerprint density at radius 2 is 2.00 bits per heavy atom. The van der Waals surface area contributed by atoms with Gasteiger partial charge in [0.25, 0.3) is 0 Å². The van der Waals surface area contributed by atoms with E-state index in [2.05, 4.69) is 12.8 Å². The van der Waals surface area contributed by atoms with Gasteiger partial charge in [0.15, 0.2) is 0 Å². The average Bonchev–Trinajstić information content (AvgIpc) is 2.72. The minimum atomic E-state index is 0.581. The van der Waals surface area contributed by atoms with E-state index in [-0.39, 0.29) is 0 Å². The third-order valence-electron chi connectivity index (χ3n) is 1.29. The van der Waals surface area contributed by atoms with Crippen LogP contribution >= 0.6 is 0 Å². The highest BCUT2D eigenvalue weighted by Crippen LogP contribution is 2.23. The number of rotatable bonds is 2. The second-order valence-corrected chi connectivity index (χ2v) is 2.00. The highest BCUT2D eigenvalue weighted by Gasteiger charge is 2.24. The van der Waals surface area contributed by atoms with Crippen molar-refractivity contribution in [3.05, 3.63) is 0 Å². The van der Waals surface area contributed by atoms with Gasteiger partial charge >= 0.3 is 0 Å². The number of amides is 1. The lowest BCUT2D eigenvalue weighted by atomic mass is 10.6. The zero-order chi connectivity index (χ0) is 7.28. The van der Waals surface area contributed by atoms with E-state index >= 15 is 0 Å². The zero-order valence-corrected chi connectivity index (χ0v) is 5.58. The van der Waals surface area contributed by atoms with Crippen molar-refractivity contribution in [1.29, 1.82) is 0 Å². The van der Waals surface area contributed by atoms with E-state index in [1.54, 1.807) is 4.90 Å². The van der Waals surface area contributed by atoms with Crippen LogP contribution in [-0.2, 0) is 4.79 Å². The lowest BCUT2D eigenvalue weighted by Crippen LogP contribution is -2.17. The van der Waals surface area contributed by atoms with Gasteiger partial charge in [-0.25, -0.2) is 0 Å². The van der Waals surface area contributed by atoms with Crippen LogP contribution in [0.3, 0.4) is 0 Å². The summed E-state index contributed by atoms with van der Waals surface area (Å²) in [6, 6.07) is 0.581. The maximum Gasteiger partial charge on any atom is 0.209 e. The Labute approximate surface area is 55.8 Å². The summed E-state index contributed by atoms with van der Waals surface area (Å²) in [6.45, 7) is 0. The molecule has 1 aliphatic rings. The lowest BCUT2D eigenvalue weighted by molar-refractivity contribution is -0.117. The van der Waals surface area contributed by atoms with E-state index in [1.165, 1.54) is 12.8 Å². The van der Waals surface area contributed by atoms with E-state index in [0.29, 0.717) is 6.04 Å². The van der Waals surface area contributed by atoms with Crippen LogP contribution in [0.5, 0.6) is 0 Å². The summed E-state index contributed by atoms with van der Waals surface area (Å²) < 4.78 is 0. The molecule has 9 heavy (non-hydrogen) atoms. The van der Waals surface area contributed by atoms with Crippen LogP contribution in [0.2, 0.25) is 0 Å². The molecule has 0 aliphatic heterocycles. The molecular weight excluding hydrogens is 114 g/mol. The van der Waals surface area contributed by atoms with Gasteiger partial charge in [0.2, 0.25) is 6.41 Å². The fraction of sp³-hybridized carbons (Fsp3) is 0.571. The zero-order valence-electron chi connectivity index (χ0n) is 5.58. The first kappa shape index (κ1) is 8.03. The molecule has 2 nitrogen and oxygen atoms in total. The summed E-state index contributed by atoms with van der Waals surface area (Å²) in [7, 11) is 1.82. The number of hydrogen-bond acceptors (Lipinski definition) is 1. The van der Waals surface area contributed by atoms with Crippen LogP contribution in [0.25, 0.3) is 0 Å². The molecule has 0 aromatic rings. The van der Waals surface area contributed by atoms with Gasteiger partial charge in [0.1, 0.15) is 0 Å². The lowest BCUT2D eigenvalue weighted by Gasteiger charge is -2.05. The molecule has 0 radical (unpaired) electrons. The van der Waals surface area contributed by atoms with Crippen molar-refractivity contribution in [3.8, 4) is 12.8 Å². The second kappa shape index (κ2) is 3.96. The summed E-state index contributed by atoms with van der Waals surface area (Å²) in [5, 5.41) is 0. The minimum Gasteiger partial charge on any atom is -0.345 e. The maximum atomic E-state index is 9.91. The smallest absolute Gasteiger partial charge is 0.209 e. The van der Waals surface area contributed by atoms with Gasteiger partial charge in [-0.2, -0.15) is 0 Å². The molecule has 0 bridgehead atoms. The summed E-state index contributed by atoms with van der Waals surface area (Å²) >= 11 is 0. The highest BCUT2D eigenvalue weighted by atomic mass is 16.1. The van der Waals surface area contributed by atoms with Crippen LogP contribution < -0.4 is 0 Å². The molecule has 0 atom stereocenters. The SMILES string of the molecule is C#C.CN(C=O)C1CC1. The van der Waals surface area contributed by atoms with Gasteiger partial charge in [-0.3, -0.25) is 4.79 Å². The predicted molar refractivity (Wildman–Crippen MR) is 36.7 cm³/mol. The van der Waals surface area contributed by atoms with Gasteiger partial charge in [0, 0.05) is 13.1 Å². The first-order valence-electron chi connectivity index (χ1n) is 2.85. The standard InChI is InChI=1S/C5H9NO.C2H2/c1-6(4-7)5-2-3-5;1-2/h4-5H,2-3H2,1H3;1-2H. The average molecular weight is 125 g/mol. The molecule has 1 fully saturated rings. The molecule has 2 heteroatoms. The molecular formula is C7H11NO. The third-order valence-corrected chi connectivity index (χ3v) is 1.29. The van der Waals surface area contributed by atoms with Crippen LogP contribution in [0.4, 0.5) is 0 Å². The molecule has 0 aromatic carbocycles. The van der Waals surface area contributed by atoms with E-state index in [9.17, 15) is 4.79 Å². The largest absolute Gasteiger partial charge is 0.345 e. The Hall–Kier alpha value is -0.970. The molecule has 0 N–H and O–H groups in total. The van der Waals surface area contributed by atoms with Gasteiger partial charge in [-0.15, -0.1) is 12.8 Å². The number of carbonyl (C=O) groups excluding carboxylic acids is 1. The predicted octanol–water partition coefficient (Wildman–Crippen LogP) is 0.486. The fourth-order valence-corrected chi connectivity index (χ4v) is 0.568. The molecule has 0 heterocycles. The van der Waals surface area contributed by atoms with Crippen LogP contribution in [-0.4, -0.2) is 24.4 Å². The maximum absolute atomic E-state index is 9.91. The Balaban J connectivity index is 0.000000291. The van der Waals surface area contributed by atoms with Crippen LogP contribution in [0.15, 0.2) is 0 Å². The summed E-state index contributed by atoms with van der Waals surface area (Å²) in [6.07, 6.45) is 11.3. The van der Waals surface area contributed by atoms with E-state index < -0.39 is 0 Å². The Bertz CT molecular complexity index is 105. The van der Waals surface area contributed by atoms with Gasteiger partial charge in [-0.1, -0.05) is 0 Å². The second-order valence-electron chi connectivity index (χ2n) is 2.00. The van der Waals surface area contributed by atoms with Gasteiger partial charge < -0.3 is 4.90 Å². The monoisotopic (exact) mass is 125 g/mol. The molecule has 50 valence electrons. The fourth-order valence-electron chi connectivity index (χ4n) is 0.568. The van der Waals surface area contributed by atoms with Crippen molar-refractivity contribution in [1.82, 2.24) is 4.90 Å². The topological polar surface area (TPSA) is 20.3 Å². The molecule has 1 amide bonds. The third kappa shape index (κ3) is 2.76. The quantitative estimate of drug-likeness (QED) is 0.388. The van der Waals surface area contributed by atoms with Crippen molar-refractivity contribution in [2.75, 3.05) is 7.05 Å². The number of carbonyl (C=O) groups is 1. The van der Waals surface area contributed by atoms with Crippen molar-refractivity contribution < 1.29 is 4.79 Å². The van der Waals surface area contributed by atoms with Crippen molar-refractivity contribution in [2.24, 2.45) is 0 Å². The van der Waals surface area contributed by atoms with E-state index in [0.717, 1.165) is 6.41 Å². The highest BCUT2D eigenvalue weighted by molar-refractivity contribution is 5.47. The Kier molecular flexibility index (Phi) is 3.54. The van der Waals surface area contributed by atoms with Crippen molar-refractivity contribution in [3.63, 3.8) is 0 Å². The van der Waals surface area contributed by atoms with Gasteiger partial charge in [0.05, 0.1) is 0 Å². The van der Waals surface area contributed by atoms with E-state index in [4.69, 9.17) is 0 Å². The molecule has 0 saturated heterocycles. The molecule has 0 spiro atoms. The summed E-state index contributed by atoms with van der Waals surface area (Å²) in [5.74, 6) is 0. The summed E-state index contributed by atoms with van der Waals surface area (Å²) in [4.78, 5) is 11.6. The summed E-state index contributed by atoms with van der Waals surface area (Å²) in [5.41, 5.74) is 0.